The first-order valence-corrected chi connectivity index (χ1v) is 2.28. The van der Waals surface area contributed by atoms with Gasteiger partial charge in [-0.25, -0.2) is 4.79 Å². The molecule has 2 atom stereocenters. The number of carbonyl (C=O) groups excluding carboxylic acids is 1. The molecule has 2 amide bonds. The first kappa shape index (κ1) is 5.33. The molecule has 0 aliphatic carbocycles. The first-order valence-electron chi connectivity index (χ1n) is 2.28. The van der Waals surface area contributed by atoms with Gasteiger partial charge in [0.1, 0.15) is 12.3 Å². The largest absolute Gasteiger partial charge is 0.320 e. The third kappa shape index (κ3) is 0.728. The van der Waals surface area contributed by atoms with Crippen LogP contribution in [0.15, 0.2) is 0 Å². The second-order valence-electron chi connectivity index (χ2n) is 1.67. The van der Waals surface area contributed by atoms with E-state index in [2.05, 4.69) is 10.6 Å². The van der Waals surface area contributed by atoms with Crippen molar-refractivity contribution in [2.45, 2.75) is 12.3 Å². The number of nitrogens with one attached hydrogen (secondary N) is 2. The predicted molar refractivity (Wildman–Crippen MR) is 27.6 cm³/mol. The minimum Gasteiger partial charge on any atom is -0.320 e. The molecule has 1 aliphatic heterocycles. The number of hydrogen-bond acceptors (Lipinski definition) is 3. The number of rotatable bonds is 0. The fourth-order valence-corrected chi connectivity index (χ4v) is 0.524. The molecule has 0 spiro atoms. The van der Waals surface area contributed by atoms with E-state index >= 15 is 0 Å². The molecular formula is C3H8N4O. The van der Waals surface area contributed by atoms with Crippen molar-refractivity contribution in [1.82, 2.24) is 10.6 Å². The van der Waals surface area contributed by atoms with E-state index in [1.54, 1.807) is 0 Å². The molecule has 1 rings (SSSR count). The Balaban J connectivity index is 2.51. The molecule has 0 aromatic heterocycles. The molecule has 5 nitrogen and oxygen atoms in total. The third-order valence-electron chi connectivity index (χ3n) is 0.982. The summed E-state index contributed by atoms with van der Waals surface area (Å²) in [5.74, 6) is 0. The molecule has 6 N–H and O–H groups in total. The van der Waals surface area contributed by atoms with Crippen LogP contribution < -0.4 is 22.1 Å². The number of carbonyl (C=O) groups is 1. The van der Waals surface area contributed by atoms with Gasteiger partial charge in [0.15, 0.2) is 0 Å². The van der Waals surface area contributed by atoms with Crippen molar-refractivity contribution >= 4 is 6.03 Å². The predicted octanol–water partition coefficient (Wildman–Crippen LogP) is -2.13. The zero-order chi connectivity index (χ0) is 6.15. The number of hydrogen-bond donors (Lipinski definition) is 4. The zero-order valence-electron chi connectivity index (χ0n) is 4.22. The quantitative estimate of drug-likeness (QED) is 0.291. The summed E-state index contributed by atoms with van der Waals surface area (Å²) in [6.07, 6.45) is -0.884. The molecule has 0 aromatic carbocycles. The topological polar surface area (TPSA) is 93.2 Å². The maximum absolute atomic E-state index is 10.3. The molecule has 1 saturated heterocycles. The van der Waals surface area contributed by atoms with Crippen LogP contribution in [0, 0.1) is 0 Å². The van der Waals surface area contributed by atoms with Crippen molar-refractivity contribution < 1.29 is 4.79 Å². The van der Waals surface area contributed by atoms with Crippen molar-refractivity contribution in [3.63, 3.8) is 0 Å². The van der Waals surface area contributed by atoms with Gasteiger partial charge in [0.25, 0.3) is 0 Å². The molecule has 46 valence electrons. The van der Waals surface area contributed by atoms with Crippen molar-refractivity contribution in [3.05, 3.63) is 0 Å². The molecule has 0 saturated carbocycles. The molecule has 0 bridgehead atoms. The minimum atomic E-state index is -0.442. The van der Waals surface area contributed by atoms with E-state index < -0.39 is 12.3 Å². The van der Waals surface area contributed by atoms with E-state index in [1.165, 1.54) is 0 Å². The lowest BCUT2D eigenvalue weighted by molar-refractivity contribution is 0.247. The summed E-state index contributed by atoms with van der Waals surface area (Å²) in [6.45, 7) is 0. The fourth-order valence-electron chi connectivity index (χ4n) is 0.524. The summed E-state index contributed by atoms with van der Waals surface area (Å²) in [4.78, 5) is 10.3. The van der Waals surface area contributed by atoms with Gasteiger partial charge in [-0.15, -0.1) is 0 Å². The van der Waals surface area contributed by atoms with E-state index in [-0.39, 0.29) is 6.03 Å². The van der Waals surface area contributed by atoms with Gasteiger partial charge >= 0.3 is 6.03 Å². The van der Waals surface area contributed by atoms with Crippen molar-refractivity contribution in [3.8, 4) is 0 Å². The van der Waals surface area contributed by atoms with Crippen LogP contribution in [0.3, 0.4) is 0 Å². The summed E-state index contributed by atoms with van der Waals surface area (Å²) in [5, 5.41) is 4.74. The highest BCUT2D eigenvalue weighted by Gasteiger charge is 2.23. The third-order valence-corrected chi connectivity index (χ3v) is 0.982. The first-order chi connectivity index (χ1) is 3.70. The van der Waals surface area contributed by atoms with E-state index in [0.29, 0.717) is 0 Å². The monoisotopic (exact) mass is 116 g/mol. The molecular weight excluding hydrogens is 108 g/mol. The van der Waals surface area contributed by atoms with Gasteiger partial charge in [0.05, 0.1) is 0 Å². The second-order valence-corrected chi connectivity index (χ2v) is 1.67. The lowest BCUT2D eigenvalue weighted by Crippen LogP contribution is -2.46. The summed E-state index contributed by atoms with van der Waals surface area (Å²) in [6, 6.07) is -0.301. The smallest absolute Gasteiger partial charge is 0.317 e. The summed E-state index contributed by atoms with van der Waals surface area (Å²) >= 11 is 0. The minimum absolute atomic E-state index is 0.301. The van der Waals surface area contributed by atoms with Gasteiger partial charge in [-0.2, -0.15) is 0 Å². The molecule has 1 heterocycles. The van der Waals surface area contributed by atoms with Gasteiger partial charge < -0.3 is 22.1 Å². The van der Waals surface area contributed by atoms with Crippen LogP contribution in [0.4, 0.5) is 4.79 Å². The molecule has 0 radical (unpaired) electrons. The summed E-state index contributed by atoms with van der Waals surface area (Å²) in [7, 11) is 0. The van der Waals surface area contributed by atoms with Gasteiger partial charge in [-0.1, -0.05) is 0 Å². The van der Waals surface area contributed by atoms with Crippen LogP contribution in [-0.2, 0) is 0 Å². The highest BCUT2D eigenvalue weighted by Crippen LogP contribution is 1.85. The lowest BCUT2D eigenvalue weighted by atomic mass is 10.4. The highest BCUT2D eigenvalue weighted by molar-refractivity contribution is 5.76. The van der Waals surface area contributed by atoms with E-state index in [9.17, 15) is 4.79 Å². The Kier molecular flexibility index (Phi) is 1.07. The van der Waals surface area contributed by atoms with Crippen LogP contribution in [0.2, 0.25) is 0 Å². The zero-order valence-corrected chi connectivity index (χ0v) is 4.22. The molecule has 0 aromatic rings. The number of amides is 2. The Bertz CT molecular complexity index is 102. The van der Waals surface area contributed by atoms with Crippen molar-refractivity contribution in [1.29, 1.82) is 0 Å². The average molecular weight is 116 g/mol. The molecule has 2 unspecified atom stereocenters. The lowest BCUT2D eigenvalue weighted by Gasteiger charge is -2.04. The van der Waals surface area contributed by atoms with Crippen LogP contribution in [0.25, 0.3) is 0 Å². The van der Waals surface area contributed by atoms with E-state index in [0.717, 1.165) is 0 Å². The van der Waals surface area contributed by atoms with Crippen molar-refractivity contribution in [2.75, 3.05) is 0 Å². The molecule has 1 aliphatic rings. The fraction of sp³-hybridized carbons (Fsp3) is 0.667. The Morgan fingerprint density at radius 2 is 1.62 bits per heavy atom. The van der Waals surface area contributed by atoms with Gasteiger partial charge in [0.2, 0.25) is 0 Å². The van der Waals surface area contributed by atoms with E-state index in [1.807, 2.05) is 0 Å². The Labute approximate surface area is 46.4 Å². The second kappa shape index (κ2) is 1.61. The maximum Gasteiger partial charge on any atom is 0.317 e. The van der Waals surface area contributed by atoms with Gasteiger partial charge in [0, 0.05) is 0 Å². The molecule has 1 fully saturated rings. The Morgan fingerprint density at radius 3 is 1.75 bits per heavy atom. The highest BCUT2D eigenvalue weighted by atomic mass is 16.2. The van der Waals surface area contributed by atoms with Crippen LogP contribution in [-0.4, -0.2) is 18.4 Å². The van der Waals surface area contributed by atoms with Crippen LogP contribution in [0.1, 0.15) is 0 Å². The Hall–Kier alpha value is -0.810. The average Bonchev–Trinajstić information content (AvgIpc) is 1.85. The molecule has 8 heavy (non-hydrogen) atoms. The van der Waals surface area contributed by atoms with Crippen LogP contribution >= 0.6 is 0 Å². The van der Waals surface area contributed by atoms with Gasteiger partial charge in [-0.3, -0.25) is 0 Å². The van der Waals surface area contributed by atoms with Crippen molar-refractivity contribution in [2.24, 2.45) is 11.5 Å². The normalized spacial score (nSPS) is 36.5. The SMILES string of the molecule is NC1NC(=O)NC1N. The number of nitrogens with two attached hydrogens (primary N) is 2. The van der Waals surface area contributed by atoms with Crippen LogP contribution in [0.5, 0.6) is 0 Å². The van der Waals surface area contributed by atoms with Gasteiger partial charge in [-0.05, 0) is 0 Å². The standard InChI is InChI=1S/C3H8N4O/c4-1-2(5)7-3(8)6-1/h1-2H,4-5H2,(H2,6,7,8). The van der Waals surface area contributed by atoms with E-state index in [4.69, 9.17) is 11.5 Å². The molecule has 5 heteroatoms. The Morgan fingerprint density at radius 1 is 1.25 bits per heavy atom. The summed E-state index contributed by atoms with van der Waals surface area (Å²) in [5.41, 5.74) is 10.5. The maximum atomic E-state index is 10.3. The summed E-state index contributed by atoms with van der Waals surface area (Å²) < 4.78 is 0. The number of urea groups is 1.